The van der Waals surface area contributed by atoms with Gasteiger partial charge in [-0.2, -0.15) is 0 Å². The van der Waals surface area contributed by atoms with Gasteiger partial charge in [0.15, 0.2) is 11.9 Å². The normalized spacial score (nSPS) is 11.5. The fourth-order valence-electron chi connectivity index (χ4n) is 2.37. The van der Waals surface area contributed by atoms with Gasteiger partial charge in [0, 0.05) is 17.7 Å². The molecule has 0 aliphatic heterocycles. The molecule has 0 aliphatic rings. The second-order valence-electron chi connectivity index (χ2n) is 6.10. The number of benzene rings is 2. The average Bonchev–Trinajstić information content (AvgIpc) is 2.67. The number of nitrogens with one attached hydrogen (secondary N) is 1. The number of hydrogen-bond donors (Lipinski definition) is 1. The van der Waals surface area contributed by atoms with Crippen molar-refractivity contribution in [3.05, 3.63) is 65.5 Å². The Kier molecular flexibility index (Phi) is 7.23. The lowest BCUT2D eigenvalue weighted by Crippen LogP contribution is -2.30. The van der Waals surface area contributed by atoms with Gasteiger partial charge in [0.2, 0.25) is 0 Å². The van der Waals surface area contributed by atoms with Crippen LogP contribution in [0.25, 0.3) is 0 Å². The van der Waals surface area contributed by atoms with E-state index in [0.717, 1.165) is 12.0 Å². The minimum absolute atomic E-state index is 0.0721. The molecular weight excluding hydrogens is 349 g/mol. The zero-order valence-corrected chi connectivity index (χ0v) is 15.3. The summed E-state index contributed by atoms with van der Waals surface area (Å²) in [4.78, 5) is 35.9. The molecule has 0 aliphatic carbocycles. The van der Waals surface area contributed by atoms with Gasteiger partial charge in [0.05, 0.1) is 6.42 Å². The highest BCUT2D eigenvalue weighted by Crippen LogP contribution is 2.12. The first kappa shape index (κ1) is 20.3. The van der Waals surface area contributed by atoms with Gasteiger partial charge in [-0.3, -0.25) is 14.4 Å². The zero-order chi connectivity index (χ0) is 19.8. The van der Waals surface area contributed by atoms with E-state index in [0.29, 0.717) is 11.3 Å². The SMILES string of the molecule is CCc1ccc(NC(=O)C(C)OC(=O)CCC(=O)c2ccc(F)cc2)cc1. The van der Waals surface area contributed by atoms with Crippen molar-refractivity contribution in [1.29, 1.82) is 0 Å². The van der Waals surface area contributed by atoms with Crippen molar-refractivity contribution in [2.24, 2.45) is 0 Å². The molecule has 6 heteroatoms. The zero-order valence-electron chi connectivity index (χ0n) is 15.3. The Bertz CT molecular complexity index is 800. The van der Waals surface area contributed by atoms with Gasteiger partial charge in [-0.05, 0) is 55.3 Å². The van der Waals surface area contributed by atoms with Crippen molar-refractivity contribution >= 4 is 23.3 Å². The molecule has 5 nitrogen and oxygen atoms in total. The van der Waals surface area contributed by atoms with Crippen molar-refractivity contribution in [3.8, 4) is 0 Å². The summed E-state index contributed by atoms with van der Waals surface area (Å²) in [5, 5.41) is 2.68. The number of Topliss-reactive ketones (excluding diaryl/α,β-unsaturated/α-hetero) is 1. The molecule has 1 amide bonds. The first-order chi connectivity index (χ1) is 12.9. The van der Waals surface area contributed by atoms with Crippen LogP contribution < -0.4 is 5.32 Å². The van der Waals surface area contributed by atoms with Crippen LogP contribution >= 0.6 is 0 Å². The third kappa shape index (κ3) is 6.33. The molecule has 0 saturated heterocycles. The minimum Gasteiger partial charge on any atom is -0.453 e. The van der Waals surface area contributed by atoms with E-state index < -0.39 is 23.8 Å². The molecule has 0 radical (unpaired) electrons. The maximum atomic E-state index is 12.9. The summed E-state index contributed by atoms with van der Waals surface area (Å²) in [6.45, 7) is 3.51. The lowest BCUT2D eigenvalue weighted by molar-refractivity contribution is -0.153. The van der Waals surface area contributed by atoms with Crippen LogP contribution in [0.5, 0.6) is 0 Å². The molecule has 2 aromatic rings. The average molecular weight is 371 g/mol. The predicted molar refractivity (Wildman–Crippen MR) is 100.0 cm³/mol. The summed E-state index contributed by atoms with van der Waals surface area (Å²) in [5.74, 6) is -1.82. The van der Waals surface area contributed by atoms with Crippen LogP contribution in [-0.2, 0) is 20.7 Å². The van der Waals surface area contributed by atoms with Gasteiger partial charge < -0.3 is 10.1 Å². The highest BCUT2D eigenvalue weighted by atomic mass is 19.1. The molecule has 1 atom stereocenters. The quantitative estimate of drug-likeness (QED) is 0.564. The topological polar surface area (TPSA) is 72.5 Å². The molecule has 0 fully saturated rings. The molecule has 2 aromatic carbocycles. The van der Waals surface area contributed by atoms with E-state index in [2.05, 4.69) is 5.32 Å². The number of esters is 1. The minimum atomic E-state index is -0.982. The first-order valence-electron chi connectivity index (χ1n) is 8.77. The number of carbonyl (C=O) groups excluding carboxylic acids is 3. The molecule has 27 heavy (non-hydrogen) atoms. The van der Waals surface area contributed by atoms with Gasteiger partial charge in [0.1, 0.15) is 5.82 Å². The number of rotatable bonds is 8. The van der Waals surface area contributed by atoms with Crippen LogP contribution in [0.2, 0.25) is 0 Å². The Morgan fingerprint density at radius 3 is 2.22 bits per heavy atom. The Morgan fingerprint density at radius 2 is 1.63 bits per heavy atom. The summed E-state index contributed by atoms with van der Waals surface area (Å²) in [5.41, 5.74) is 2.09. The standard InChI is InChI=1S/C21H22FNO4/c1-3-15-4-10-18(11-5-15)23-21(26)14(2)27-20(25)13-12-19(24)16-6-8-17(22)9-7-16/h4-11,14H,3,12-13H2,1-2H3,(H,23,26). The van der Waals surface area contributed by atoms with E-state index in [1.54, 1.807) is 12.1 Å². The number of halogens is 1. The summed E-state index contributed by atoms with van der Waals surface area (Å²) in [7, 11) is 0. The van der Waals surface area contributed by atoms with Crippen molar-refractivity contribution in [2.75, 3.05) is 5.32 Å². The monoisotopic (exact) mass is 371 g/mol. The van der Waals surface area contributed by atoms with Gasteiger partial charge in [-0.1, -0.05) is 19.1 Å². The Balaban J connectivity index is 1.78. The number of anilines is 1. The van der Waals surface area contributed by atoms with Crippen LogP contribution in [0.15, 0.2) is 48.5 Å². The number of amides is 1. The van der Waals surface area contributed by atoms with Gasteiger partial charge in [0.25, 0.3) is 5.91 Å². The molecule has 0 bridgehead atoms. The smallest absolute Gasteiger partial charge is 0.307 e. The lowest BCUT2D eigenvalue weighted by Gasteiger charge is -2.13. The van der Waals surface area contributed by atoms with Crippen molar-refractivity contribution in [2.45, 2.75) is 39.2 Å². The predicted octanol–water partition coefficient (Wildman–Crippen LogP) is 3.92. The van der Waals surface area contributed by atoms with Crippen LogP contribution in [0.3, 0.4) is 0 Å². The third-order valence-corrected chi connectivity index (χ3v) is 4.03. The van der Waals surface area contributed by atoms with Gasteiger partial charge in [-0.15, -0.1) is 0 Å². The third-order valence-electron chi connectivity index (χ3n) is 4.03. The maximum absolute atomic E-state index is 12.9. The highest BCUT2D eigenvalue weighted by Gasteiger charge is 2.19. The van der Waals surface area contributed by atoms with Gasteiger partial charge >= 0.3 is 5.97 Å². The van der Waals surface area contributed by atoms with E-state index in [4.69, 9.17) is 4.74 Å². The number of ketones is 1. The molecular formula is C21H22FNO4. The van der Waals surface area contributed by atoms with Crippen molar-refractivity contribution in [3.63, 3.8) is 0 Å². The molecule has 0 saturated carbocycles. The Hall–Kier alpha value is -3.02. The van der Waals surface area contributed by atoms with E-state index >= 15 is 0 Å². The molecule has 0 spiro atoms. The van der Waals surface area contributed by atoms with Gasteiger partial charge in [-0.25, -0.2) is 4.39 Å². The summed E-state index contributed by atoms with van der Waals surface area (Å²) in [6, 6.07) is 12.5. The molecule has 0 aromatic heterocycles. The largest absolute Gasteiger partial charge is 0.453 e. The van der Waals surface area contributed by atoms with E-state index in [-0.39, 0.29) is 18.6 Å². The van der Waals surface area contributed by atoms with Crippen LogP contribution in [0.1, 0.15) is 42.6 Å². The van der Waals surface area contributed by atoms with Crippen LogP contribution in [0, 0.1) is 5.82 Å². The molecule has 1 N–H and O–H groups in total. The molecule has 0 heterocycles. The maximum Gasteiger partial charge on any atom is 0.307 e. The molecule has 2 rings (SSSR count). The van der Waals surface area contributed by atoms with E-state index in [9.17, 15) is 18.8 Å². The summed E-state index contributed by atoms with van der Waals surface area (Å²) in [6.07, 6.45) is -0.306. The lowest BCUT2D eigenvalue weighted by atomic mass is 10.1. The molecule has 142 valence electrons. The van der Waals surface area contributed by atoms with E-state index in [1.807, 2.05) is 19.1 Å². The Morgan fingerprint density at radius 1 is 1.00 bits per heavy atom. The van der Waals surface area contributed by atoms with Crippen molar-refractivity contribution < 1.29 is 23.5 Å². The van der Waals surface area contributed by atoms with Crippen molar-refractivity contribution in [1.82, 2.24) is 0 Å². The molecule has 1 unspecified atom stereocenters. The fourth-order valence-corrected chi connectivity index (χ4v) is 2.37. The number of hydrogen-bond acceptors (Lipinski definition) is 4. The summed E-state index contributed by atoms with van der Waals surface area (Å²) < 4.78 is 17.9. The number of aryl methyl sites for hydroxylation is 1. The van der Waals surface area contributed by atoms with E-state index in [1.165, 1.54) is 31.2 Å². The summed E-state index contributed by atoms with van der Waals surface area (Å²) >= 11 is 0. The fraction of sp³-hybridized carbons (Fsp3) is 0.286. The van der Waals surface area contributed by atoms with Crippen LogP contribution in [0.4, 0.5) is 10.1 Å². The number of carbonyl (C=O) groups is 3. The second-order valence-corrected chi connectivity index (χ2v) is 6.10. The van der Waals surface area contributed by atoms with Crippen LogP contribution in [-0.4, -0.2) is 23.8 Å². The number of ether oxygens (including phenoxy) is 1. The highest BCUT2D eigenvalue weighted by molar-refractivity contribution is 5.98. The first-order valence-corrected chi connectivity index (χ1v) is 8.77. The second kappa shape index (κ2) is 9.62. The Labute approximate surface area is 157 Å².